The van der Waals surface area contributed by atoms with Crippen molar-refractivity contribution in [1.82, 2.24) is 24.5 Å². The molecule has 0 aliphatic carbocycles. The SMILES string of the molecule is [CH2]c1c(-c2ccc3c(c2)c(N)nn3Cc2ccncc2)cccc1-n1ncc2cc(C(C)(C)C)cc(F)c2c1=O. The zero-order chi connectivity index (χ0) is 28.2. The van der Waals surface area contributed by atoms with Crippen LogP contribution in [-0.2, 0) is 12.0 Å². The topological polar surface area (TPSA) is 91.6 Å². The fourth-order valence-electron chi connectivity index (χ4n) is 5.04. The van der Waals surface area contributed by atoms with Crippen LogP contribution >= 0.6 is 0 Å². The highest BCUT2D eigenvalue weighted by molar-refractivity contribution is 5.93. The summed E-state index contributed by atoms with van der Waals surface area (Å²) in [5.41, 5.74) is 11.0. The van der Waals surface area contributed by atoms with Gasteiger partial charge in [0.2, 0.25) is 0 Å². The Morgan fingerprint density at radius 2 is 1.80 bits per heavy atom. The summed E-state index contributed by atoms with van der Waals surface area (Å²) < 4.78 is 18.3. The van der Waals surface area contributed by atoms with E-state index >= 15 is 4.39 Å². The van der Waals surface area contributed by atoms with Crippen LogP contribution in [0.25, 0.3) is 38.5 Å². The van der Waals surface area contributed by atoms with E-state index in [1.54, 1.807) is 18.5 Å². The third kappa shape index (κ3) is 4.31. The summed E-state index contributed by atoms with van der Waals surface area (Å²) in [4.78, 5) is 17.6. The van der Waals surface area contributed by atoms with Crippen LogP contribution in [0, 0.1) is 12.7 Å². The molecule has 3 aromatic carbocycles. The van der Waals surface area contributed by atoms with E-state index in [1.807, 2.05) is 74.0 Å². The molecule has 2 N–H and O–H groups in total. The first-order chi connectivity index (χ1) is 19.1. The Morgan fingerprint density at radius 3 is 2.55 bits per heavy atom. The van der Waals surface area contributed by atoms with E-state index in [9.17, 15) is 4.79 Å². The van der Waals surface area contributed by atoms with Crippen molar-refractivity contribution >= 4 is 27.5 Å². The number of halogens is 1. The van der Waals surface area contributed by atoms with Gasteiger partial charge >= 0.3 is 0 Å². The van der Waals surface area contributed by atoms with E-state index < -0.39 is 11.4 Å². The molecule has 0 spiro atoms. The fraction of sp³-hybridized carbons (Fsp3) is 0.156. The number of nitrogen functional groups attached to an aromatic ring is 1. The van der Waals surface area contributed by atoms with Crippen LogP contribution in [0.3, 0.4) is 0 Å². The van der Waals surface area contributed by atoms with Gasteiger partial charge in [-0.15, -0.1) is 0 Å². The summed E-state index contributed by atoms with van der Waals surface area (Å²) in [6.07, 6.45) is 5.03. The second-order valence-electron chi connectivity index (χ2n) is 11.0. The Balaban J connectivity index is 1.43. The van der Waals surface area contributed by atoms with E-state index in [0.29, 0.717) is 29.0 Å². The number of hydrogen-bond donors (Lipinski definition) is 1. The zero-order valence-electron chi connectivity index (χ0n) is 22.5. The fourth-order valence-corrected chi connectivity index (χ4v) is 5.04. The third-order valence-corrected chi connectivity index (χ3v) is 7.26. The molecule has 3 aromatic heterocycles. The average molecular weight is 532 g/mol. The molecule has 7 nitrogen and oxygen atoms in total. The lowest BCUT2D eigenvalue weighted by Gasteiger charge is -2.20. The molecule has 0 unspecified atom stereocenters. The molecular weight excluding hydrogens is 503 g/mol. The number of anilines is 1. The number of hydrogen-bond acceptors (Lipinski definition) is 5. The predicted octanol–water partition coefficient (Wildman–Crippen LogP) is 6.05. The molecule has 0 amide bonds. The number of benzene rings is 3. The van der Waals surface area contributed by atoms with E-state index in [1.165, 1.54) is 16.9 Å². The van der Waals surface area contributed by atoms with Crippen LogP contribution in [0.5, 0.6) is 0 Å². The van der Waals surface area contributed by atoms with Crippen LogP contribution < -0.4 is 11.3 Å². The first-order valence-corrected chi connectivity index (χ1v) is 12.9. The van der Waals surface area contributed by atoms with Crippen molar-refractivity contribution in [3.8, 4) is 16.8 Å². The highest BCUT2D eigenvalue weighted by Crippen LogP contribution is 2.32. The number of aromatic nitrogens is 5. The van der Waals surface area contributed by atoms with Gasteiger partial charge in [0.15, 0.2) is 5.82 Å². The number of pyridine rings is 1. The van der Waals surface area contributed by atoms with Gasteiger partial charge in [0.05, 0.1) is 29.3 Å². The smallest absolute Gasteiger partial charge is 0.282 e. The maximum Gasteiger partial charge on any atom is 0.282 e. The molecule has 0 aliphatic heterocycles. The standard InChI is InChI=1S/C32H28FN6O/c1-19-24(21-8-9-28-25(15-21)30(34)37-38(28)18-20-10-12-35-13-11-20)6-5-7-27(19)39-31(40)29-22(17-36-39)14-23(16-26(29)33)32(2,3)4/h5-17H,1,18H2,2-4H3,(H2,34,37). The van der Waals surface area contributed by atoms with Crippen LogP contribution in [0.1, 0.15) is 37.5 Å². The molecule has 0 bridgehead atoms. The quantitative estimate of drug-likeness (QED) is 0.299. The van der Waals surface area contributed by atoms with Crippen molar-refractivity contribution in [2.45, 2.75) is 32.7 Å². The number of nitrogens with two attached hydrogens (primary N) is 1. The molecule has 199 valence electrons. The van der Waals surface area contributed by atoms with Gasteiger partial charge in [-0.2, -0.15) is 14.9 Å². The van der Waals surface area contributed by atoms with Gasteiger partial charge in [-0.1, -0.05) is 39.0 Å². The molecule has 40 heavy (non-hydrogen) atoms. The number of nitrogens with zero attached hydrogens (tertiary/aromatic N) is 5. The highest BCUT2D eigenvalue weighted by atomic mass is 19.1. The Bertz CT molecular complexity index is 1970. The Kier molecular flexibility index (Phi) is 5.98. The lowest BCUT2D eigenvalue weighted by molar-refractivity contribution is 0.576. The van der Waals surface area contributed by atoms with Crippen LogP contribution in [0.15, 0.2) is 84.0 Å². The molecule has 0 saturated heterocycles. The summed E-state index contributed by atoms with van der Waals surface area (Å²) in [5, 5.41) is 10.2. The lowest BCUT2D eigenvalue weighted by Crippen LogP contribution is -2.23. The molecule has 3 heterocycles. The summed E-state index contributed by atoms with van der Waals surface area (Å²) in [5.74, 6) is -0.139. The molecular formula is C32H28FN6O. The Labute approximate surface area is 230 Å². The molecule has 1 radical (unpaired) electrons. The second kappa shape index (κ2) is 9.41. The molecule has 0 fully saturated rings. The zero-order valence-corrected chi connectivity index (χ0v) is 22.5. The molecule has 6 aromatic rings. The van der Waals surface area contributed by atoms with Crippen molar-refractivity contribution in [2.75, 3.05) is 5.73 Å². The van der Waals surface area contributed by atoms with Crippen molar-refractivity contribution < 1.29 is 4.39 Å². The van der Waals surface area contributed by atoms with Gasteiger partial charge in [-0.05, 0) is 82.6 Å². The molecule has 0 saturated carbocycles. The van der Waals surface area contributed by atoms with E-state index in [2.05, 4.69) is 22.1 Å². The van der Waals surface area contributed by atoms with Crippen molar-refractivity contribution in [2.24, 2.45) is 0 Å². The summed E-state index contributed by atoms with van der Waals surface area (Å²) in [6, 6.07) is 18.6. The van der Waals surface area contributed by atoms with Gasteiger partial charge < -0.3 is 5.73 Å². The Morgan fingerprint density at radius 1 is 1.02 bits per heavy atom. The predicted molar refractivity (Wildman–Crippen MR) is 157 cm³/mol. The van der Waals surface area contributed by atoms with Crippen LogP contribution in [-0.4, -0.2) is 24.5 Å². The largest absolute Gasteiger partial charge is 0.382 e. The van der Waals surface area contributed by atoms with Crippen molar-refractivity contribution in [3.63, 3.8) is 0 Å². The van der Waals surface area contributed by atoms with Gasteiger partial charge in [-0.3, -0.25) is 14.5 Å². The monoisotopic (exact) mass is 531 g/mol. The minimum atomic E-state index is -0.560. The van der Waals surface area contributed by atoms with Gasteiger partial charge in [0.25, 0.3) is 5.56 Å². The van der Waals surface area contributed by atoms with E-state index in [0.717, 1.165) is 33.2 Å². The minimum Gasteiger partial charge on any atom is -0.382 e. The van der Waals surface area contributed by atoms with Gasteiger partial charge in [0, 0.05) is 23.2 Å². The second-order valence-corrected chi connectivity index (χ2v) is 11.0. The van der Waals surface area contributed by atoms with Crippen molar-refractivity contribution in [3.05, 3.63) is 119 Å². The summed E-state index contributed by atoms with van der Waals surface area (Å²) in [7, 11) is 0. The maximum absolute atomic E-state index is 15.2. The van der Waals surface area contributed by atoms with E-state index in [-0.39, 0.29) is 10.8 Å². The summed E-state index contributed by atoms with van der Waals surface area (Å²) in [6.45, 7) is 10.8. The normalized spacial score (nSPS) is 11.9. The first-order valence-electron chi connectivity index (χ1n) is 12.9. The van der Waals surface area contributed by atoms with E-state index in [4.69, 9.17) is 5.73 Å². The molecule has 6 rings (SSSR count). The van der Waals surface area contributed by atoms with Gasteiger partial charge in [0.1, 0.15) is 5.82 Å². The molecule has 0 aliphatic rings. The molecule has 8 heteroatoms. The Hall–Kier alpha value is -4.85. The van der Waals surface area contributed by atoms with Gasteiger partial charge in [-0.25, -0.2) is 4.39 Å². The van der Waals surface area contributed by atoms with Crippen LogP contribution in [0.4, 0.5) is 10.2 Å². The minimum absolute atomic E-state index is 0.00334. The third-order valence-electron chi connectivity index (χ3n) is 7.26. The lowest BCUT2D eigenvalue weighted by atomic mass is 9.86. The summed E-state index contributed by atoms with van der Waals surface area (Å²) >= 11 is 0. The highest BCUT2D eigenvalue weighted by Gasteiger charge is 2.20. The maximum atomic E-state index is 15.2. The van der Waals surface area contributed by atoms with Crippen LogP contribution in [0.2, 0.25) is 0 Å². The van der Waals surface area contributed by atoms with Crippen molar-refractivity contribution in [1.29, 1.82) is 0 Å². The first kappa shape index (κ1) is 25.4. The average Bonchev–Trinajstić information content (AvgIpc) is 3.23. The molecule has 0 atom stereocenters. The number of fused-ring (bicyclic) bond motifs is 2. The number of rotatable bonds is 4.